The van der Waals surface area contributed by atoms with E-state index in [-0.39, 0.29) is 24.2 Å². The molecule has 0 aliphatic carbocycles. The summed E-state index contributed by atoms with van der Waals surface area (Å²) in [6.07, 6.45) is -0.620. The molecule has 0 bridgehead atoms. The molecule has 0 saturated carbocycles. The van der Waals surface area contributed by atoms with Crippen LogP contribution in [-0.2, 0) is 0 Å². The van der Waals surface area contributed by atoms with Gasteiger partial charge in [-0.25, -0.2) is 0 Å². The first-order chi connectivity index (χ1) is 11.0. The van der Waals surface area contributed by atoms with E-state index in [1.165, 1.54) is 6.07 Å². The molecule has 2 rings (SSSR count). The van der Waals surface area contributed by atoms with E-state index in [2.05, 4.69) is 21.9 Å². The summed E-state index contributed by atoms with van der Waals surface area (Å²) in [6.45, 7) is 5.55. The highest BCUT2D eigenvalue weighted by Gasteiger charge is 2.33. The summed E-state index contributed by atoms with van der Waals surface area (Å²) in [4.78, 5) is 2.27. The van der Waals surface area contributed by atoms with Crippen LogP contribution in [0.15, 0.2) is 24.3 Å². The number of benzene rings is 1. The third kappa shape index (κ3) is 6.49. The summed E-state index contributed by atoms with van der Waals surface area (Å²) in [5.74, 6) is -0.0694. The Labute approximate surface area is 148 Å². The van der Waals surface area contributed by atoms with Gasteiger partial charge in [-0.3, -0.25) is 4.90 Å². The average Bonchev–Trinajstić information content (AvgIpc) is 2.52. The number of piperazine rings is 1. The van der Waals surface area contributed by atoms with E-state index in [4.69, 9.17) is 0 Å². The van der Waals surface area contributed by atoms with Gasteiger partial charge in [-0.2, -0.15) is 0 Å². The van der Waals surface area contributed by atoms with Gasteiger partial charge in [0.2, 0.25) is 0 Å². The van der Waals surface area contributed by atoms with Crippen molar-refractivity contribution in [3.8, 4) is 5.75 Å². The minimum Gasteiger partial charge on any atom is -0.405 e. The number of unbranched alkanes of at least 4 members (excludes halogenated alkanes) is 2. The lowest BCUT2D eigenvalue weighted by Gasteiger charge is -2.36. The van der Waals surface area contributed by atoms with E-state index in [0.29, 0.717) is 5.56 Å². The highest BCUT2D eigenvalue weighted by atomic mass is 35.5. The zero-order valence-corrected chi connectivity index (χ0v) is 14.8. The number of hydrogen-bond acceptors (Lipinski definition) is 3. The third-order valence-electron chi connectivity index (χ3n) is 4.18. The first-order valence-electron chi connectivity index (χ1n) is 8.30. The topological polar surface area (TPSA) is 24.5 Å². The Morgan fingerprint density at radius 1 is 1.17 bits per heavy atom. The first kappa shape index (κ1) is 21.1. The number of alkyl halides is 3. The molecular weight excluding hydrogens is 341 g/mol. The lowest BCUT2D eigenvalue weighted by Crippen LogP contribution is -2.45. The summed E-state index contributed by atoms with van der Waals surface area (Å²) < 4.78 is 42.3. The molecule has 1 saturated heterocycles. The molecule has 138 valence electrons. The van der Waals surface area contributed by atoms with Crippen molar-refractivity contribution in [2.75, 3.05) is 26.2 Å². The van der Waals surface area contributed by atoms with Crippen LogP contribution in [0.4, 0.5) is 13.2 Å². The van der Waals surface area contributed by atoms with Gasteiger partial charge >= 0.3 is 6.36 Å². The number of halogens is 4. The number of rotatable bonds is 7. The van der Waals surface area contributed by atoms with Crippen LogP contribution in [0.25, 0.3) is 0 Å². The molecule has 1 N–H and O–H groups in total. The normalized spacial score (nSPS) is 17.2. The third-order valence-corrected chi connectivity index (χ3v) is 4.18. The molecule has 1 aromatic carbocycles. The summed E-state index contributed by atoms with van der Waals surface area (Å²) in [7, 11) is 0. The van der Waals surface area contributed by atoms with Crippen molar-refractivity contribution >= 4 is 12.4 Å². The predicted molar refractivity (Wildman–Crippen MR) is 91.7 cm³/mol. The molecule has 0 unspecified atom stereocenters. The quantitative estimate of drug-likeness (QED) is 0.717. The maximum absolute atomic E-state index is 12.7. The van der Waals surface area contributed by atoms with E-state index in [9.17, 15) is 13.2 Å². The van der Waals surface area contributed by atoms with Crippen LogP contribution < -0.4 is 10.1 Å². The molecule has 7 heteroatoms. The SMILES string of the molecule is CCCCC[C@H](c1ccccc1OC(F)(F)F)N1CCNCC1.Cl. The van der Waals surface area contributed by atoms with Crippen LogP contribution in [0, 0.1) is 0 Å². The maximum atomic E-state index is 12.7. The number of nitrogens with zero attached hydrogens (tertiary/aromatic N) is 1. The Morgan fingerprint density at radius 2 is 1.83 bits per heavy atom. The lowest BCUT2D eigenvalue weighted by molar-refractivity contribution is -0.275. The van der Waals surface area contributed by atoms with Crippen LogP contribution >= 0.6 is 12.4 Å². The summed E-state index contributed by atoms with van der Waals surface area (Å²) in [5, 5.41) is 3.29. The maximum Gasteiger partial charge on any atom is 0.573 e. The molecule has 0 spiro atoms. The fraction of sp³-hybridized carbons (Fsp3) is 0.647. The predicted octanol–water partition coefficient (Wildman–Crippen LogP) is 4.53. The highest BCUT2D eigenvalue weighted by Crippen LogP contribution is 2.36. The van der Waals surface area contributed by atoms with Gasteiger partial charge in [0.1, 0.15) is 5.75 Å². The van der Waals surface area contributed by atoms with Crippen LogP contribution in [0.5, 0.6) is 5.75 Å². The molecule has 3 nitrogen and oxygen atoms in total. The molecule has 1 fully saturated rings. The second kappa shape index (κ2) is 10.1. The Balaban J connectivity index is 0.00000288. The molecule has 1 aromatic rings. The number of nitrogens with one attached hydrogen (secondary N) is 1. The fourth-order valence-electron chi connectivity index (χ4n) is 3.09. The smallest absolute Gasteiger partial charge is 0.405 e. The Kier molecular flexibility index (Phi) is 8.87. The van der Waals surface area contributed by atoms with Gasteiger partial charge in [-0.1, -0.05) is 44.4 Å². The van der Waals surface area contributed by atoms with E-state index < -0.39 is 6.36 Å². The van der Waals surface area contributed by atoms with Crippen LogP contribution in [0.2, 0.25) is 0 Å². The zero-order chi connectivity index (χ0) is 16.7. The minimum absolute atomic E-state index is 0. The van der Waals surface area contributed by atoms with Gasteiger partial charge in [-0.15, -0.1) is 25.6 Å². The Morgan fingerprint density at radius 3 is 2.46 bits per heavy atom. The molecule has 1 heterocycles. The summed E-state index contributed by atoms with van der Waals surface area (Å²) >= 11 is 0. The average molecular weight is 367 g/mol. The van der Waals surface area contributed by atoms with E-state index in [0.717, 1.165) is 51.9 Å². The van der Waals surface area contributed by atoms with Crippen molar-refractivity contribution < 1.29 is 17.9 Å². The largest absolute Gasteiger partial charge is 0.573 e. The van der Waals surface area contributed by atoms with Gasteiger partial charge in [0.25, 0.3) is 0 Å². The van der Waals surface area contributed by atoms with E-state index in [1.54, 1.807) is 18.2 Å². The van der Waals surface area contributed by atoms with Crippen LogP contribution in [-0.4, -0.2) is 37.4 Å². The molecule has 24 heavy (non-hydrogen) atoms. The number of hydrogen-bond donors (Lipinski definition) is 1. The van der Waals surface area contributed by atoms with Crippen molar-refractivity contribution in [2.24, 2.45) is 0 Å². The Bertz CT molecular complexity index is 479. The highest BCUT2D eigenvalue weighted by molar-refractivity contribution is 5.85. The standard InChI is InChI=1S/C17H25F3N2O.ClH/c1-2-3-4-8-15(22-12-10-21-11-13-22)14-7-5-6-9-16(14)23-17(18,19)20;/h5-7,9,15,21H,2-4,8,10-13H2,1H3;1H/t15-;/m1./s1. The molecular formula is C17H26ClF3N2O. The summed E-state index contributed by atoms with van der Waals surface area (Å²) in [6, 6.07) is 6.53. The Hall–Kier alpha value is -0.980. The molecule has 0 radical (unpaired) electrons. The molecule has 1 aliphatic rings. The van der Waals surface area contributed by atoms with Crippen molar-refractivity contribution in [1.29, 1.82) is 0 Å². The first-order valence-corrected chi connectivity index (χ1v) is 8.30. The second-order valence-corrected chi connectivity index (χ2v) is 5.88. The molecule has 0 amide bonds. The van der Waals surface area contributed by atoms with Crippen molar-refractivity contribution in [2.45, 2.75) is 45.0 Å². The van der Waals surface area contributed by atoms with Crippen LogP contribution in [0.1, 0.15) is 44.2 Å². The lowest BCUT2D eigenvalue weighted by atomic mass is 9.97. The summed E-state index contributed by atoms with van der Waals surface area (Å²) in [5.41, 5.74) is 0.642. The van der Waals surface area contributed by atoms with Gasteiger partial charge in [0.05, 0.1) is 0 Å². The monoisotopic (exact) mass is 366 g/mol. The second-order valence-electron chi connectivity index (χ2n) is 5.88. The van der Waals surface area contributed by atoms with Crippen molar-refractivity contribution in [1.82, 2.24) is 10.2 Å². The molecule has 1 atom stereocenters. The van der Waals surface area contributed by atoms with Crippen molar-refractivity contribution in [3.05, 3.63) is 29.8 Å². The van der Waals surface area contributed by atoms with E-state index in [1.807, 2.05) is 0 Å². The van der Waals surface area contributed by atoms with Gasteiger partial charge in [-0.05, 0) is 12.5 Å². The number of ether oxygens (including phenoxy) is 1. The minimum atomic E-state index is -4.66. The van der Waals surface area contributed by atoms with Crippen LogP contribution in [0.3, 0.4) is 0 Å². The number of para-hydroxylation sites is 1. The van der Waals surface area contributed by atoms with Gasteiger partial charge < -0.3 is 10.1 Å². The van der Waals surface area contributed by atoms with Gasteiger partial charge in [0, 0.05) is 37.8 Å². The van der Waals surface area contributed by atoms with Crippen molar-refractivity contribution in [3.63, 3.8) is 0 Å². The molecule has 0 aromatic heterocycles. The van der Waals surface area contributed by atoms with Gasteiger partial charge in [0.15, 0.2) is 0 Å². The zero-order valence-electron chi connectivity index (χ0n) is 13.9. The fourth-order valence-corrected chi connectivity index (χ4v) is 3.09. The van der Waals surface area contributed by atoms with E-state index >= 15 is 0 Å². The molecule has 1 aliphatic heterocycles.